The molecule has 108 valence electrons. The number of non-ortho nitro benzene ring substituents is 1. The number of hydrogen-bond donors (Lipinski definition) is 2. The Morgan fingerprint density at radius 2 is 2.24 bits per heavy atom. The molecule has 0 atom stereocenters. The summed E-state index contributed by atoms with van der Waals surface area (Å²) in [7, 11) is 0. The van der Waals surface area contributed by atoms with Gasteiger partial charge in [0, 0.05) is 10.5 Å². The largest absolute Gasteiger partial charge is 0.437 e. The van der Waals surface area contributed by atoms with Crippen molar-refractivity contribution >= 4 is 27.5 Å². The van der Waals surface area contributed by atoms with Gasteiger partial charge >= 0.3 is 0 Å². The van der Waals surface area contributed by atoms with Crippen molar-refractivity contribution in [2.75, 3.05) is 0 Å². The smallest absolute Gasteiger partial charge is 0.274 e. The molecule has 0 bridgehead atoms. The number of nitrogens with two attached hydrogens (primary N) is 1. The number of aromatic nitrogens is 2. The normalized spacial score (nSPS) is 11.2. The van der Waals surface area contributed by atoms with Gasteiger partial charge < -0.3 is 15.7 Å². The summed E-state index contributed by atoms with van der Waals surface area (Å²) in [4.78, 5) is 10.3. The molecule has 0 saturated carbocycles. The van der Waals surface area contributed by atoms with Crippen LogP contribution in [0.2, 0.25) is 0 Å². The van der Waals surface area contributed by atoms with Crippen molar-refractivity contribution in [3.63, 3.8) is 0 Å². The Hall–Kier alpha value is -2.75. The van der Waals surface area contributed by atoms with E-state index >= 15 is 0 Å². The maximum absolute atomic E-state index is 10.8. The summed E-state index contributed by atoms with van der Waals surface area (Å²) < 4.78 is 5.88. The van der Waals surface area contributed by atoms with E-state index in [-0.39, 0.29) is 28.7 Å². The number of halogens is 1. The Morgan fingerprint density at radius 3 is 2.90 bits per heavy atom. The topological polar surface area (TPSA) is 137 Å². The highest BCUT2D eigenvalue weighted by molar-refractivity contribution is 9.10. The summed E-state index contributed by atoms with van der Waals surface area (Å²) >= 11 is 3.15. The van der Waals surface area contributed by atoms with Crippen LogP contribution in [0.3, 0.4) is 0 Å². The SMILES string of the molecule is N/C(=N/O)c1ccnnc1Oc1cc(Br)cc([N+](=O)[O-])c1. The van der Waals surface area contributed by atoms with Crippen LogP contribution in [-0.2, 0) is 0 Å². The highest BCUT2D eigenvalue weighted by Crippen LogP contribution is 2.29. The number of oxime groups is 1. The van der Waals surface area contributed by atoms with E-state index in [1.54, 1.807) is 0 Å². The summed E-state index contributed by atoms with van der Waals surface area (Å²) in [5.74, 6) is -0.104. The third-order valence-electron chi connectivity index (χ3n) is 2.35. The van der Waals surface area contributed by atoms with E-state index in [1.807, 2.05) is 0 Å². The molecule has 0 aliphatic rings. The van der Waals surface area contributed by atoms with E-state index in [0.717, 1.165) is 0 Å². The maximum atomic E-state index is 10.8. The first kappa shape index (κ1) is 14.7. The number of benzene rings is 1. The average molecular weight is 354 g/mol. The Labute approximate surface area is 126 Å². The summed E-state index contributed by atoms with van der Waals surface area (Å²) in [6, 6.07) is 5.49. The van der Waals surface area contributed by atoms with Crippen molar-refractivity contribution in [2.24, 2.45) is 10.9 Å². The van der Waals surface area contributed by atoms with Crippen LogP contribution < -0.4 is 10.5 Å². The lowest BCUT2D eigenvalue weighted by Gasteiger charge is -2.08. The van der Waals surface area contributed by atoms with Gasteiger partial charge in [-0.25, -0.2) is 0 Å². The minimum absolute atomic E-state index is 0.0415. The molecule has 3 N–H and O–H groups in total. The number of amidine groups is 1. The van der Waals surface area contributed by atoms with Crippen LogP contribution in [0.1, 0.15) is 5.56 Å². The molecule has 1 heterocycles. The Morgan fingerprint density at radius 1 is 1.48 bits per heavy atom. The first-order valence-corrected chi connectivity index (χ1v) is 6.23. The fourth-order valence-electron chi connectivity index (χ4n) is 1.47. The van der Waals surface area contributed by atoms with Crippen molar-refractivity contribution in [3.8, 4) is 11.6 Å². The van der Waals surface area contributed by atoms with Crippen LogP contribution >= 0.6 is 15.9 Å². The van der Waals surface area contributed by atoms with Gasteiger partial charge in [-0.15, -0.1) is 5.10 Å². The molecule has 2 aromatic rings. The lowest BCUT2D eigenvalue weighted by atomic mass is 10.2. The summed E-state index contributed by atoms with van der Waals surface area (Å²) in [5.41, 5.74) is 5.54. The number of nitro benzene ring substituents is 1. The zero-order valence-electron chi connectivity index (χ0n) is 10.3. The van der Waals surface area contributed by atoms with Crippen LogP contribution in [0, 0.1) is 10.1 Å². The predicted octanol–water partition coefficient (Wildman–Crippen LogP) is 2.03. The van der Waals surface area contributed by atoms with E-state index < -0.39 is 4.92 Å². The van der Waals surface area contributed by atoms with Gasteiger partial charge in [-0.05, 0) is 12.1 Å². The minimum Gasteiger partial charge on any atom is -0.437 e. The van der Waals surface area contributed by atoms with Gasteiger partial charge in [-0.1, -0.05) is 21.1 Å². The highest BCUT2D eigenvalue weighted by Gasteiger charge is 2.14. The second kappa shape index (κ2) is 6.13. The molecule has 1 aromatic carbocycles. The van der Waals surface area contributed by atoms with E-state index in [1.165, 1.54) is 30.5 Å². The predicted molar refractivity (Wildman–Crippen MR) is 75.4 cm³/mol. The average Bonchev–Trinajstić information content (AvgIpc) is 2.46. The van der Waals surface area contributed by atoms with E-state index in [0.29, 0.717) is 4.47 Å². The monoisotopic (exact) mass is 353 g/mol. The van der Waals surface area contributed by atoms with E-state index in [2.05, 4.69) is 31.3 Å². The first-order chi connectivity index (χ1) is 10.0. The molecule has 0 amide bonds. The fraction of sp³-hybridized carbons (Fsp3) is 0. The van der Waals surface area contributed by atoms with Gasteiger partial charge in [0.2, 0.25) is 5.88 Å². The standard InChI is InChI=1S/C11H8BrN5O4/c12-6-3-7(17(19)20)5-8(4-6)21-11-9(10(13)16-18)1-2-14-15-11/h1-5,18H,(H2,13,16). The fourth-order valence-corrected chi connectivity index (χ4v) is 1.93. The molecular weight excluding hydrogens is 346 g/mol. The Kier molecular flexibility index (Phi) is 4.28. The zero-order valence-corrected chi connectivity index (χ0v) is 11.9. The molecule has 0 aliphatic heterocycles. The van der Waals surface area contributed by atoms with Crippen LogP contribution in [0.15, 0.2) is 40.1 Å². The van der Waals surface area contributed by atoms with Gasteiger partial charge in [-0.2, -0.15) is 5.10 Å². The van der Waals surface area contributed by atoms with Crippen molar-refractivity contribution in [1.29, 1.82) is 0 Å². The van der Waals surface area contributed by atoms with Gasteiger partial charge in [0.1, 0.15) is 5.75 Å². The molecule has 0 unspecified atom stereocenters. The van der Waals surface area contributed by atoms with Crippen molar-refractivity contribution in [1.82, 2.24) is 10.2 Å². The molecular formula is C11H8BrN5O4. The molecule has 9 nitrogen and oxygen atoms in total. The number of hydrogen-bond acceptors (Lipinski definition) is 7. The second-order valence-electron chi connectivity index (χ2n) is 3.74. The maximum Gasteiger partial charge on any atom is 0.274 e. The quantitative estimate of drug-likeness (QED) is 0.282. The lowest BCUT2D eigenvalue weighted by Crippen LogP contribution is -2.15. The third kappa shape index (κ3) is 3.42. The molecule has 0 radical (unpaired) electrons. The Balaban J connectivity index is 2.41. The number of ether oxygens (including phenoxy) is 1. The molecule has 0 aliphatic carbocycles. The lowest BCUT2D eigenvalue weighted by molar-refractivity contribution is -0.385. The molecule has 0 fully saturated rings. The number of nitro groups is 1. The van der Waals surface area contributed by atoms with Crippen LogP contribution in [-0.4, -0.2) is 26.2 Å². The molecule has 1 aromatic heterocycles. The molecule has 21 heavy (non-hydrogen) atoms. The second-order valence-corrected chi connectivity index (χ2v) is 4.66. The Bertz CT molecular complexity index is 722. The van der Waals surface area contributed by atoms with Crippen LogP contribution in [0.5, 0.6) is 11.6 Å². The van der Waals surface area contributed by atoms with Crippen molar-refractivity contribution < 1.29 is 14.9 Å². The van der Waals surface area contributed by atoms with Crippen molar-refractivity contribution in [3.05, 3.63) is 50.6 Å². The van der Waals surface area contributed by atoms with Gasteiger partial charge in [0.25, 0.3) is 5.69 Å². The van der Waals surface area contributed by atoms with Crippen LogP contribution in [0.4, 0.5) is 5.69 Å². The van der Waals surface area contributed by atoms with Gasteiger partial charge in [0.15, 0.2) is 5.84 Å². The molecule has 0 spiro atoms. The van der Waals surface area contributed by atoms with E-state index in [9.17, 15) is 10.1 Å². The number of rotatable bonds is 4. The van der Waals surface area contributed by atoms with Crippen molar-refractivity contribution in [2.45, 2.75) is 0 Å². The van der Waals surface area contributed by atoms with Gasteiger partial charge in [0.05, 0.1) is 22.7 Å². The van der Waals surface area contributed by atoms with Gasteiger partial charge in [-0.3, -0.25) is 10.1 Å². The van der Waals surface area contributed by atoms with E-state index in [4.69, 9.17) is 15.7 Å². The van der Waals surface area contributed by atoms with Crippen LogP contribution in [0.25, 0.3) is 0 Å². The highest BCUT2D eigenvalue weighted by atomic mass is 79.9. The zero-order chi connectivity index (χ0) is 15.4. The summed E-state index contributed by atoms with van der Waals surface area (Å²) in [6.07, 6.45) is 1.34. The minimum atomic E-state index is -0.557. The first-order valence-electron chi connectivity index (χ1n) is 5.43. The molecule has 0 saturated heterocycles. The summed E-state index contributed by atoms with van der Waals surface area (Å²) in [6.45, 7) is 0. The third-order valence-corrected chi connectivity index (χ3v) is 2.81. The molecule has 10 heteroatoms. The number of nitrogens with zero attached hydrogens (tertiary/aromatic N) is 4. The summed E-state index contributed by atoms with van der Waals surface area (Å²) in [5, 5.41) is 29.7. The molecule has 2 rings (SSSR count).